The van der Waals surface area contributed by atoms with Gasteiger partial charge >= 0.3 is 0 Å². The molecule has 1 amide bonds. The lowest BCUT2D eigenvalue weighted by molar-refractivity contribution is -0.133. The maximum Gasteiger partial charge on any atom is 0.236 e. The zero-order chi connectivity index (χ0) is 22.2. The van der Waals surface area contributed by atoms with Crippen LogP contribution in [0, 0.1) is 5.41 Å². The Labute approximate surface area is 193 Å². The van der Waals surface area contributed by atoms with Crippen molar-refractivity contribution in [3.8, 4) is 5.75 Å². The summed E-state index contributed by atoms with van der Waals surface area (Å²) in [6.07, 6.45) is 8.89. The quantitative estimate of drug-likeness (QED) is 0.778. The van der Waals surface area contributed by atoms with Crippen LogP contribution in [0.2, 0.25) is 0 Å². The Morgan fingerprint density at radius 3 is 2.44 bits per heavy atom. The van der Waals surface area contributed by atoms with Gasteiger partial charge in [-0.1, -0.05) is 31.0 Å². The van der Waals surface area contributed by atoms with Crippen molar-refractivity contribution in [1.82, 2.24) is 14.7 Å². The van der Waals surface area contributed by atoms with Gasteiger partial charge in [0.25, 0.3) is 0 Å². The predicted octanol–water partition coefficient (Wildman–Crippen LogP) is 3.14. The SMILES string of the molecule is O=C(CN1CCCCC1)N1CCCCC2(CO)CCN(CC2)Cc2ccccc2OCC1. The van der Waals surface area contributed by atoms with E-state index in [1.165, 1.54) is 24.8 Å². The minimum Gasteiger partial charge on any atom is -0.491 e. The molecule has 178 valence electrons. The molecule has 6 nitrogen and oxygen atoms in total. The third kappa shape index (κ3) is 6.24. The molecule has 5 rings (SSSR count). The lowest BCUT2D eigenvalue weighted by atomic mass is 9.75. The number of carbonyl (C=O) groups is 1. The number of ether oxygens (including phenoxy) is 1. The molecule has 0 aromatic heterocycles. The summed E-state index contributed by atoms with van der Waals surface area (Å²) in [5.74, 6) is 1.17. The van der Waals surface area contributed by atoms with Gasteiger partial charge in [-0.15, -0.1) is 0 Å². The number of benzene rings is 1. The van der Waals surface area contributed by atoms with Crippen LogP contribution in [0.3, 0.4) is 0 Å². The van der Waals surface area contributed by atoms with Gasteiger partial charge in [0.1, 0.15) is 12.4 Å². The number of amides is 1. The molecule has 2 bridgehead atoms. The minimum absolute atomic E-state index is 0.0509. The van der Waals surface area contributed by atoms with E-state index in [0.717, 1.165) is 77.1 Å². The summed E-state index contributed by atoms with van der Waals surface area (Å²) in [5, 5.41) is 10.2. The third-order valence-electron chi connectivity index (χ3n) is 7.78. The molecule has 1 N–H and O–H groups in total. The highest BCUT2D eigenvalue weighted by Gasteiger charge is 2.34. The number of hydrogen-bond acceptors (Lipinski definition) is 5. The topological polar surface area (TPSA) is 56.2 Å². The largest absolute Gasteiger partial charge is 0.491 e. The van der Waals surface area contributed by atoms with Crippen LogP contribution in [0.25, 0.3) is 0 Å². The number of aliphatic hydroxyl groups is 1. The Bertz CT molecular complexity index is 727. The average Bonchev–Trinajstić information content (AvgIpc) is 2.84. The van der Waals surface area contributed by atoms with E-state index >= 15 is 0 Å². The molecule has 4 aliphatic heterocycles. The van der Waals surface area contributed by atoms with Gasteiger partial charge < -0.3 is 14.7 Å². The van der Waals surface area contributed by atoms with Crippen molar-refractivity contribution >= 4 is 5.91 Å². The van der Waals surface area contributed by atoms with Crippen molar-refractivity contribution in [1.29, 1.82) is 0 Å². The number of nitrogens with zero attached hydrogens (tertiary/aromatic N) is 3. The number of fused-ring (bicyclic) bond motifs is 9. The number of likely N-dealkylation sites (tertiary alicyclic amines) is 1. The van der Waals surface area contributed by atoms with Gasteiger partial charge in [-0.3, -0.25) is 14.6 Å². The van der Waals surface area contributed by atoms with Crippen molar-refractivity contribution in [2.24, 2.45) is 5.41 Å². The van der Waals surface area contributed by atoms with Gasteiger partial charge in [-0.05, 0) is 76.2 Å². The Morgan fingerprint density at radius 2 is 1.66 bits per heavy atom. The van der Waals surface area contributed by atoms with Gasteiger partial charge in [0.2, 0.25) is 5.91 Å². The summed E-state index contributed by atoms with van der Waals surface area (Å²) in [7, 11) is 0. The fourth-order valence-corrected chi connectivity index (χ4v) is 5.53. The van der Waals surface area contributed by atoms with Crippen LogP contribution >= 0.6 is 0 Å². The Kier molecular flexibility index (Phi) is 8.44. The molecule has 32 heavy (non-hydrogen) atoms. The molecule has 0 aliphatic carbocycles. The van der Waals surface area contributed by atoms with E-state index in [9.17, 15) is 9.90 Å². The third-order valence-corrected chi connectivity index (χ3v) is 7.78. The van der Waals surface area contributed by atoms with Crippen molar-refractivity contribution in [2.45, 2.75) is 57.9 Å². The fourth-order valence-electron chi connectivity index (χ4n) is 5.53. The highest BCUT2D eigenvalue weighted by Crippen LogP contribution is 2.37. The first-order chi connectivity index (χ1) is 15.7. The van der Waals surface area contributed by atoms with E-state index in [4.69, 9.17) is 4.74 Å². The lowest BCUT2D eigenvalue weighted by Crippen LogP contribution is -2.44. The molecule has 1 aromatic rings. The van der Waals surface area contributed by atoms with E-state index in [2.05, 4.69) is 28.0 Å². The lowest BCUT2D eigenvalue weighted by Gasteiger charge is -2.41. The molecule has 2 fully saturated rings. The van der Waals surface area contributed by atoms with Crippen molar-refractivity contribution in [3.63, 3.8) is 0 Å². The first-order valence-corrected chi connectivity index (χ1v) is 12.7. The summed E-state index contributed by atoms with van der Waals surface area (Å²) in [4.78, 5) is 20.0. The predicted molar refractivity (Wildman–Crippen MR) is 127 cm³/mol. The molecule has 6 heteroatoms. The zero-order valence-electron chi connectivity index (χ0n) is 19.6. The number of aliphatic hydroxyl groups excluding tert-OH is 1. The smallest absolute Gasteiger partial charge is 0.236 e. The van der Waals surface area contributed by atoms with E-state index in [1.54, 1.807) is 0 Å². The first-order valence-electron chi connectivity index (χ1n) is 12.7. The van der Waals surface area contributed by atoms with E-state index in [0.29, 0.717) is 19.7 Å². The number of piperidine rings is 2. The van der Waals surface area contributed by atoms with Crippen molar-refractivity contribution in [2.75, 3.05) is 59.0 Å². The number of rotatable bonds is 3. The average molecular weight is 444 g/mol. The molecule has 4 heterocycles. The van der Waals surface area contributed by atoms with Crippen molar-refractivity contribution in [3.05, 3.63) is 29.8 Å². The second-order valence-electron chi connectivity index (χ2n) is 10.1. The molecular weight excluding hydrogens is 402 g/mol. The first kappa shape index (κ1) is 23.5. The Morgan fingerprint density at radius 1 is 0.906 bits per heavy atom. The van der Waals surface area contributed by atoms with Crippen LogP contribution < -0.4 is 4.74 Å². The standard InChI is InChI=1S/C26H41N3O3/c30-22-26-10-4-7-15-29(25(31)21-27-13-5-1-6-14-27)18-19-32-24-9-3-2-8-23(24)20-28(16-11-26)17-12-26/h2-3,8-9,30H,1,4-7,10-22H2. The zero-order valence-corrected chi connectivity index (χ0v) is 19.6. The molecular formula is C26H41N3O3. The fraction of sp³-hybridized carbons (Fsp3) is 0.731. The number of para-hydroxylation sites is 1. The minimum atomic E-state index is 0.0509. The monoisotopic (exact) mass is 443 g/mol. The summed E-state index contributed by atoms with van der Waals surface area (Å²) >= 11 is 0. The molecule has 0 saturated carbocycles. The maximum atomic E-state index is 13.1. The summed E-state index contributed by atoms with van der Waals surface area (Å²) in [5.41, 5.74) is 1.26. The molecule has 1 aromatic carbocycles. The normalized spacial score (nSPS) is 28.3. The number of hydrogen-bond donors (Lipinski definition) is 1. The molecule has 2 saturated heterocycles. The van der Waals surface area contributed by atoms with Gasteiger partial charge in [0.05, 0.1) is 13.1 Å². The summed E-state index contributed by atoms with van der Waals surface area (Å²) in [6.45, 7) is 7.77. The molecule has 0 radical (unpaired) electrons. The van der Waals surface area contributed by atoms with E-state index in [1.807, 2.05) is 11.0 Å². The Hall–Kier alpha value is -1.63. The highest BCUT2D eigenvalue weighted by molar-refractivity contribution is 5.78. The van der Waals surface area contributed by atoms with Crippen LogP contribution in [0.15, 0.2) is 24.3 Å². The molecule has 0 unspecified atom stereocenters. The van der Waals surface area contributed by atoms with Gasteiger partial charge in [-0.2, -0.15) is 0 Å². The second kappa shape index (κ2) is 11.5. The number of carbonyl (C=O) groups excluding carboxylic acids is 1. The highest BCUT2D eigenvalue weighted by atomic mass is 16.5. The second-order valence-corrected chi connectivity index (χ2v) is 10.1. The maximum absolute atomic E-state index is 13.1. The van der Waals surface area contributed by atoms with Crippen LogP contribution in [-0.4, -0.2) is 84.7 Å². The van der Waals surface area contributed by atoms with Crippen LogP contribution in [0.4, 0.5) is 0 Å². The molecule has 0 spiro atoms. The van der Waals surface area contributed by atoms with E-state index in [-0.39, 0.29) is 17.9 Å². The van der Waals surface area contributed by atoms with Gasteiger partial charge in [0, 0.05) is 25.3 Å². The summed E-state index contributed by atoms with van der Waals surface area (Å²) in [6, 6.07) is 8.31. The van der Waals surface area contributed by atoms with Gasteiger partial charge in [-0.25, -0.2) is 0 Å². The van der Waals surface area contributed by atoms with Crippen LogP contribution in [0.1, 0.15) is 56.9 Å². The van der Waals surface area contributed by atoms with Crippen LogP contribution in [0.5, 0.6) is 5.75 Å². The van der Waals surface area contributed by atoms with Crippen LogP contribution in [-0.2, 0) is 11.3 Å². The molecule has 0 atom stereocenters. The Balaban J connectivity index is 1.45. The summed E-state index contributed by atoms with van der Waals surface area (Å²) < 4.78 is 6.21. The molecule has 4 aliphatic rings. The van der Waals surface area contributed by atoms with Gasteiger partial charge in [0.15, 0.2) is 0 Å². The van der Waals surface area contributed by atoms with E-state index < -0.39 is 0 Å². The van der Waals surface area contributed by atoms with Crippen molar-refractivity contribution < 1.29 is 14.6 Å².